The molecule has 1 aliphatic carbocycles. The van der Waals surface area contributed by atoms with Crippen molar-refractivity contribution in [3.05, 3.63) is 51.8 Å². The Kier molecular flexibility index (Phi) is 6.17. The molecule has 0 atom stereocenters. The SMILES string of the molecule is NC1=NC2(CCCCC2)N(c2cc(Br)cc(F)c2Oc2c(F)cc(C(F)(F)F)cc2F)C(N)=N1. The predicted octanol–water partition coefficient (Wildman–Crippen LogP) is 5.79. The summed E-state index contributed by atoms with van der Waals surface area (Å²) in [6.45, 7) is 0. The first-order chi connectivity index (χ1) is 15.9. The van der Waals surface area contributed by atoms with E-state index < -0.39 is 46.4 Å². The topological polar surface area (TPSA) is 89.2 Å². The highest BCUT2D eigenvalue weighted by Crippen LogP contribution is 2.46. The second kappa shape index (κ2) is 8.67. The highest BCUT2D eigenvalue weighted by Gasteiger charge is 2.44. The molecule has 2 aromatic rings. The maximum absolute atomic E-state index is 15.1. The Morgan fingerprint density at radius 3 is 2.09 bits per heavy atom. The first-order valence-electron chi connectivity index (χ1n) is 10.1. The minimum Gasteiger partial charge on any atom is -0.446 e. The Balaban J connectivity index is 1.86. The normalized spacial score (nSPS) is 18.0. The Labute approximate surface area is 198 Å². The molecule has 13 heteroatoms. The van der Waals surface area contributed by atoms with Crippen molar-refractivity contribution in [2.75, 3.05) is 4.90 Å². The molecule has 0 amide bonds. The van der Waals surface area contributed by atoms with Gasteiger partial charge in [0, 0.05) is 4.47 Å². The van der Waals surface area contributed by atoms with E-state index in [0.29, 0.717) is 12.8 Å². The van der Waals surface area contributed by atoms with Crippen LogP contribution in [0.3, 0.4) is 0 Å². The fourth-order valence-corrected chi connectivity index (χ4v) is 4.62. The van der Waals surface area contributed by atoms with Gasteiger partial charge in [0.05, 0.1) is 11.3 Å². The molecule has 4 N–H and O–H groups in total. The van der Waals surface area contributed by atoms with Gasteiger partial charge in [-0.3, -0.25) is 4.90 Å². The van der Waals surface area contributed by atoms with Crippen molar-refractivity contribution in [2.24, 2.45) is 21.5 Å². The largest absolute Gasteiger partial charge is 0.446 e. The predicted molar refractivity (Wildman–Crippen MR) is 117 cm³/mol. The van der Waals surface area contributed by atoms with Crippen molar-refractivity contribution in [2.45, 2.75) is 43.9 Å². The quantitative estimate of drug-likeness (QED) is 0.474. The molecule has 1 aliphatic heterocycles. The second-order valence-electron chi connectivity index (χ2n) is 7.92. The molecule has 6 nitrogen and oxygen atoms in total. The standard InChI is InChI=1S/C21H18BrF6N5O/c22-11-8-14(25)17(34-16-12(23)6-10(7-13(16)24)21(26,27)28)15(9-11)33-19(30)31-18(29)32-20(33)4-2-1-3-5-20/h6-9H,1-5H2,(H4,29,30,31,32). The maximum Gasteiger partial charge on any atom is 0.416 e. The molecule has 0 saturated heterocycles. The molecule has 4 rings (SSSR count). The lowest BCUT2D eigenvalue weighted by molar-refractivity contribution is -0.138. The Hall–Kier alpha value is -2.96. The third kappa shape index (κ3) is 4.40. The number of guanidine groups is 2. The van der Waals surface area contributed by atoms with Crippen molar-refractivity contribution in [3.63, 3.8) is 0 Å². The van der Waals surface area contributed by atoms with E-state index in [1.54, 1.807) is 0 Å². The molecule has 2 aromatic carbocycles. The zero-order chi connectivity index (χ0) is 24.8. The van der Waals surface area contributed by atoms with E-state index in [1.807, 2.05) is 0 Å². The van der Waals surface area contributed by atoms with Crippen LogP contribution in [-0.4, -0.2) is 17.6 Å². The van der Waals surface area contributed by atoms with Gasteiger partial charge >= 0.3 is 6.18 Å². The molecule has 0 radical (unpaired) electrons. The van der Waals surface area contributed by atoms with E-state index in [2.05, 4.69) is 25.9 Å². The zero-order valence-electron chi connectivity index (χ0n) is 17.4. The summed E-state index contributed by atoms with van der Waals surface area (Å²) in [5.41, 5.74) is 9.30. The molecule has 34 heavy (non-hydrogen) atoms. The van der Waals surface area contributed by atoms with Crippen LogP contribution in [0.2, 0.25) is 0 Å². The van der Waals surface area contributed by atoms with E-state index in [0.717, 1.165) is 25.3 Å². The van der Waals surface area contributed by atoms with Gasteiger partial charge in [-0.25, -0.2) is 18.2 Å². The van der Waals surface area contributed by atoms with Crippen LogP contribution in [0.4, 0.5) is 32.0 Å². The van der Waals surface area contributed by atoms with Crippen LogP contribution < -0.4 is 21.1 Å². The molecule has 1 fully saturated rings. The van der Waals surface area contributed by atoms with Crippen molar-refractivity contribution in [1.82, 2.24) is 0 Å². The summed E-state index contributed by atoms with van der Waals surface area (Å²) >= 11 is 3.17. The van der Waals surface area contributed by atoms with Crippen LogP contribution in [0.15, 0.2) is 38.7 Å². The molecule has 182 valence electrons. The minimum atomic E-state index is -4.99. The monoisotopic (exact) mass is 549 g/mol. The highest BCUT2D eigenvalue weighted by atomic mass is 79.9. The maximum atomic E-state index is 15.1. The summed E-state index contributed by atoms with van der Waals surface area (Å²) in [5, 5.41) is 0. The zero-order valence-corrected chi connectivity index (χ0v) is 19.0. The van der Waals surface area contributed by atoms with Crippen LogP contribution in [0.5, 0.6) is 11.5 Å². The minimum absolute atomic E-state index is 0.0686. The number of nitrogens with zero attached hydrogens (tertiary/aromatic N) is 3. The van der Waals surface area contributed by atoms with Crippen LogP contribution in [0.1, 0.15) is 37.7 Å². The number of rotatable bonds is 3. The molecule has 0 bridgehead atoms. The molecular weight excluding hydrogens is 532 g/mol. The second-order valence-corrected chi connectivity index (χ2v) is 8.84. The number of alkyl halides is 3. The molecule has 1 heterocycles. The number of hydrogen-bond acceptors (Lipinski definition) is 6. The van der Waals surface area contributed by atoms with Crippen molar-refractivity contribution >= 4 is 33.5 Å². The molecule has 0 unspecified atom stereocenters. The number of nitrogens with two attached hydrogens (primary N) is 2. The average molecular weight is 550 g/mol. The van der Waals surface area contributed by atoms with Gasteiger partial charge in [-0.05, 0) is 49.9 Å². The van der Waals surface area contributed by atoms with Gasteiger partial charge in [-0.1, -0.05) is 22.4 Å². The molecular formula is C21H18BrF6N5O. The van der Waals surface area contributed by atoms with Crippen LogP contribution in [0.25, 0.3) is 0 Å². The van der Waals surface area contributed by atoms with E-state index >= 15 is 4.39 Å². The van der Waals surface area contributed by atoms with E-state index in [4.69, 9.17) is 16.2 Å². The number of benzene rings is 2. The summed E-state index contributed by atoms with van der Waals surface area (Å²) in [4.78, 5) is 9.78. The van der Waals surface area contributed by atoms with Gasteiger partial charge in [0.1, 0.15) is 5.66 Å². The lowest BCUT2D eigenvalue weighted by Crippen LogP contribution is -2.58. The van der Waals surface area contributed by atoms with Crippen LogP contribution in [0, 0.1) is 17.5 Å². The van der Waals surface area contributed by atoms with Crippen LogP contribution >= 0.6 is 15.9 Å². The van der Waals surface area contributed by atoms with Gasteiger partial charge in [0.25, 0.3) is 0 Å². The van der Waals surface area contributed by atoms with Gasteiger partial charge in [-0.2, -0.15) is 18.2 Å². The number of aliphatic imine (C=N–C) groups is 2. The summed E-state index contributed by atoms with van der Waals surface area (Å²) in [6.07, 6.45) is -1.63. The lowest BCUT2D eigenvalue weighted by atomic mass is 9.87. The Morgan fingerprint density at radius 1 is 0.912 bits per heavy atom. The van der Waals surface area contributed by atoms with Gasteiger partial charge in [0.15, 0.2) is 29.0 Å². The van der Waals surface area contributed by atoms with Crippen molar-refractivity contribution in [1.29, 1.82) is 0 Å². The first kappa shape index (κ1) is 24.2. The van der Waals surface area contributed by atoms with E-state index in [-0.39, 0.29) is 34.2 Å². The lowest BCUT2D eigenvalue weighted by Gasteiger charge is -2.45. The molecule has 1 saturated carbocycles. The van der Waals surface area contributed by atoms with E-state index in [1.165, 1.54) is 11.0 Å². The average Bonchev–Trinajstić information content (AvgIpc) is 2.71. The summed E-state index contributed by atoms with van der Waals surface area (Å²) < 4.78 is 88.3. The van der Waals surface area contributed by atoms with Gasteiger partial charge in [0.2, 0.25) is 11.9 Å². The number of hydrogen-bond donors (Lipinski definition) is 2. The first-order valence-corrected chi connectivity index (χ1v) is 10.9. The van der Waals surface area contributed by atoms with Gasteiger partial charge < -0.3 is 16.2 Å². The fourth-order valence-electron chi connectivity index (χ4n) is 4.21. The highest BCUT2D eigenvalue weighted by molar-refractivity contribution is 9.10. The number of halogens is 7. The smallest absolute Gasteiger partial charge is 0.416 e. The summed E-state index contributed by atoms with van der Waals surface area (Å²) in [6, 6.07) is 2.49. The third-order valence-corrected chi connectivity index (χ3v) is 6.07. The molecule has 2 aliphatic rings. The Bertz CT molecular complexity index is 1170. The number of anilines is 1. The fraction of sp³-hybridized carbons (Fsp3) is 0.333. The Morgan fingerprint density at radius 2 is 1.50 bits per heavy atom. The van der Waals surface area contributed by atoms with Crippen molar-refractivity contribution < 1.29 is 31.1 Å². The number of ether oxygens (including phenoxy) is 1. The van der Waals surface area contributed by atoms with Gasteiger partial charge in [-0.15, -0.1) is 0 Å². The van der Waals surface area contributed by atoms with Crippen LogP contribution in [-0.2, 0) is 6.18 Å². The third-order valence-electron chi connectivity index (χ3n) is 5.61. The van der Waals surface area contributed by atoms with E-state index in [9.17, 15) is 22.0 Å². The molecule has 0 aromatic heterocycles. The van der Waals surface area contributed by atoms with Crippen molar-refractivity contribution in [3.8, 4) is 11.5 Å². The molecule has 1 spiro atoms. The summed E-state index contributed by atoms with van der Waals surface area (Å²) in [5.74, 6) is -6.46. The summed E-state index contributed by atoms with van der Waals surface area (Å²) in [7, 11) is 0.